The lowest BCUT2D eigenvalue weighted by atomic mass is 9.86. The zero-order valence-corrected chi connectivity index (χ0v) is 9.59. The van der Waals surface area contributed by atoms with Gasteiger partial charge in [0.2, 0.25) is 5.91 Å². The minimum atomic E-state index is 0.279. The van der Waals surface area contributed by atoms with Gasteiger partial charge in [0, 0.05) is 20.5 Å². The van der Waals surface area contributed by atoms with E-state index >= 15 is 0 Å². The Morgan fingerprint density at radius 2 is 1.86 bits per heavy atom. The molecule has 0 unspecified atom stereocenters. The second-order valence-electron chi connectivity index (χ2n) is 4.68. The first-order valence-corrected chi connectivity index (χ1v) is 5.90. The van der Waals surface area contributed by atoms with Crippen LogP contribution >= 0.6 is 0 Å². The number of rotatable bonds is 4. The lowest BCUT2D eigenvalue weighted by molar-refractivity contribution is -0.128. The fourth-order valence-corrected chi connectivity index (χ4v) is 2.24. The Morgan fingerprint density at radius 3 is 2.43 bits per heavy atom. The summed E-state index contributed by atoms with van der Waals surface area (Å²) in [6, 6.07) is 0. The molecule has 1 rings (SSSR count). The highest BCUT2D eigenvalue weighted by Gasteiger charge is 2.13. The van der Waals surface area contributed by atoms with E-state index in [0.29, 0.717) is 0 Å². The third-order valence-electron chi connectivity index (χ3n) is 3.23. The average molecular weight is 197 g/mol. The molecule has 0 radical (unpaired) electrons. The molecule has 82 valence electrons. The summed E-state index contributed by atoms with van der Waals surface area (Å²) in [5.41, 5.74) is 0. The molecule has 1 fully saturated rings. The first-order valence-electron chi connectivity index (χ1n) is 5.90. The van der Waals surface area contributed by atoms with Crippen LogP contribution in [0.2, 0.25) is 0 Å². The van der Waals surface area contributed by atoms with Gasteiger partial charge >= 0.3 is 0 Å². The molecular formula is C12H23NO. The summed E-state index contributed by atoms with van der Waals surface area (Å²) in [6.07, 6.45) is 10.1. The van der Waals surface area contributed by atoms with Crippen molar-refractivity contribution in [2.24, 2.45) is 5.92 Å². The van der Waals surface area contributed by atoms with Crippen molar-refractivity contribution in [2.75, 3.05) is 14.1 Å². The minimum absolute atomic E-state index is 0.279. The van der Waals surface area contributed by atoms with Crippen LogP contribution in [-0.2, 0) is 4.79 Å². The van der Waals surface area contributed by atoms with Gasteiger partial charge in [0.1, 0.15) is 0 Å². The van der Waals surface area contributed by atoms with E-state index in [-0.39, 0.29) is 5.91 Å². The van der Waals surface area contributed by atoms with Crippen molar-refractivity contribution in [3.63, 3.8) is 0 Å². The summed E-state index contributed by atoms with van der Waals surface area (Å²) >= 11 is 0. The monoisotopic (exact) mass is 197 g/mol. The van der Waals surface area contributed by atoms with E-state index in [4.69, 9.17) is 0 Å². The molecular weight excluding hydrogens is 174 g/mol. The van der Waals surface area contributed by atoms with Crippen molar-refractivity contribution in [3.05, 3.63) is 0 Å². The van der Waals surface area contributed by atoms with Crippen molar-refractivity contribution in [2.45, 2.75) is 51.4 Å². The van der Waals surface area contributed by atoms with E-state index in [0.717, 1.165) is 18.8 Å². The lowest BCUT2D eigenvalue weighted by Crippen LogP contribution is -2.21. The van der Waals surface area contributed by atoms with Gasteiger partial charge in [0.05, 0.1) is 0 Å². The molecule has 2 nitrogen and oxygen atoms in total. The molecule has 0 atom stereocenters. The highest BCUT2D eigenvalue weighted by atomic mass is 16.2. The molecule has 0 aromatic rings. The largest absolute Gasteiger partial charge is 0.349 e. The lowest BCUT2D eigenvalue weighted by Gasteiger charge is -2.21. The van der Waals surface area contributed by atoms with Crippen LogP contribution in [0.1, 0.15) is 51.4 Å². The highest BCUT2D eigenvalue weighted by molar-refractivity contribution is 5.75. The molecule has 0 N–H and O–H groups in total. The van der Waals surface area contributed by atoms with Crippen LogP contribution in [-0.4, -0.2) is 24.9 Å². The first kappa shape index (κ1) is 11.5. The van der Waals surface area contributed by atoms with Crippen molar-refractivity contribution in [3.8, 4) is 0 Å². The molecule has 1 saturated carbocycles. The first-order chi connectivity index (χ1) is 6.70. The predicted molar refractivity (Wildman–Crippen MR) is 59.1 cm³/mol. The molecule has 14 heavy (non-hydrogen) atoms. The molecule has 0 aromatic carbocycles. The quantitative estimate of drug-likeness (QED) is 0.678. The fourth-order valence-electron chi connectivity index (χ4n) is 2.24. The Bertz CT molecular complexity index is 171. The van der Waals surface area contributed by atoms with E-state index in [9.17, 15) is 4.79 Å². The summed E-state index contributed by atoms with van der Waals surface area (Å²) < 4.78 is 0. The third kappa shape index (κ3) is 4.12. The zero-order chi connectivity index (χ0) is 10.4. The molecule has 1 aliphatic carbocycles. The molecule has 0 saturated heterocycles. The van der Waals surface area contributed by atoms with Crippen LogP contribution in [0.15, 0.2) is 0 Å². The maximum absolute atomic E-state index is 11.3. The van der Waals surface area contributed by atoms with Crippen molar-refractivity contribution >= 4 is 5.91 Å². The summed E-state index contributed by atoms with van der Waals surface area (Å²) in [7, 11) is 3.67. The zero-order valence-electron chi connectivity index (χ0n) is 9.59. The van der Waals surface area contributed by atoms with Gasteiger partial charge in [-0.2, -0.15) is 0 Å². The Morgan fingerprint density at radius 1 is 1.21 bits per heavy atom. The van der Waals surface area contributed by atoms with Gasteiger partial charge in [0.15, 0.2) is 0 Å². The Kier molecular flexibility index (Phi) is 4.99. The Balaban J connectivity index is 2.05. The number of amides is 1. The van der Waals surface area contributed by atoms with Crippen LogP contribution in [0.25, 0.3) is 0 Å². The number of carbonyl (C=O) groups excluding carboxylic acids is 1. The Hall–Kier alpha value is -0.530. The normalized spacial score (nSPS) is 18.1. The summed E-state index contributed by atoms with van der Waals surface area (Å²) in [5.74, 6) is 1.19. The van der Waals surface area contributed by atoms with Crippen LogP contribution in [0, 0.1) is 5.92 Å². The topological polar surface area (TPSA) is 20.3 Å². The van der Waals surface area contributed by atoms with Crippen LogP contribution in [0.5, 0.6) is 0 Å². The second-order valence-corrected chi connectivity index (χ2v) is 4.68. The van der Waals surface area contributed by atoms with Crippen LogP contribution < -0.4 is 0 Å². The molecule has 0 aliphatic heterocycles. The van der Waals surface area contributed by atoms with E-state index in [1.54, 1.807) is 4.90 Å². The molecule has 2 heteroatoms. The van der Waals surface area contributed by atoms with Gasteiger partial charge in [-0.05, 0) is 18.8 Å². The van der Waals surface area contributed by atoms with Gasteiger partial charge in [-0.15, -0.1) is 0 Å². The van der Waals surface area contributed by atoms with Crippen LogP contribution in [0.3, 0.4) is 0 Å². The van der Waals surface area contributed by atoms with Crippen molar-refractivity contribution in [1.82, 2.24) is 4.90 Å². The van der Waals surface area contributed by atoms with Gasteiger partial charge in [0.25, 0.3) is 0 Å². The number of carbonyl (C=O) groups is 1. The average Bonchev–Trinajstić information content (AvgIpc) is 2.19. The highest BCUT2D eigenvalue weighted by Crippen LogP contribution is 2.27. The van der Waals surface area contributed by atoms with Crippen molar-refractivity contribution in [1.29, 1.82) is 0 Å². The molecule has 0 spiro atoms. The van der Waals surface area contributed by atoms with E-state index in [1.165, 1.54) is 38.5 Å². The van der Waals surface area contributed by atoms with E-state index in [1.807, 2.05) is 14.1 Å². The third-order valence-corrected chi connectivity index (χ3v) is 3.23. The van der Waals surface area contributed by atoms with E-state index in [2.05, 4.69) is 0 Å². The van der Waals surface area contributed by atoms with Gasteiger partial charge < -0.3 is 4.90 Å². The number of hydrogen-bond donors (Lipinski definition) is 0. The number of hydrogen-bond acceptors (Lipinski definition) is 1. The fraction of sp³-hybridized carbons (Fsp3) is 0.917. The smallest absolute Gasteiger partial charge is 0.222 e. The molecule has 1 aliphatic rings. The number of nitrogens with zero attached hydrogens (tertiary/aromatic N) is 1. The Labute approximate surface area is 87.7 Å². The predicted octanol–water partition coefficient (Wildman–Crippen LogP) is 2.83. The summed E-state index contributed by atoms with van der Waals surface area (Å²) in [5, 5.41) is 0. The van der Waals surface area contributed by atoms with E-state index < -0.39 is 0 Å². The molecule has 0 bridgehead atoms. The minimum Gasteiger partial charge on any atom is -0.349 e. The molecule has 0 aromatic heterocycles. The maximum atomic E-state index is 11.3. The van der Waals surface area contributed by atoms with Crippen molar-refractivity contribution < 1.29 is 4.79 Å². The summed E-state index contributed by atoms with van der Waals surface area (Å²) in [4.78, 5) is 13.0. The standard InChI is InChI=1S/C12H23NO/c1-13(2)12(14)10-6-9-11-7-4-3-5-8-11/h11H,3-10H2,1-2H3. The SMILES string of the molecule is CN(C)C(=O)CCCC1CCCCC1. The molecule has 1 amide bonds. The summed E-state index contributed by atoms with van der Waals surface area (Å²) in [6.45, 7) is 0. The van der Waals surface area contributed by atoms with Gasteiger partial charge in [-0.1, -0.05) is 32.1 Å². The van der Waals surface area contributed by atoms with Crippen LogP contribution in [0.4, 0.5) is 0 Å². The maximum Gasteiger partial charge on any atom is 0.222 e. The molecule has 0 heterocycles. The van der Waals surface area contributed by atoms with Gasteiger partial charge in [-0.25, -0.2) is 0 Å². The second kappa shape index (κ2) is 6.05. The van der Waals surface area contributed by atoms with Gasteiger partial charge in [-0.3, -0.25) is 4.79 Å².